The van der Waals surface area contributed by atoms with Gasteiger partial charge in [-0.2, -0.15) is 0 Å². The first kappa shape index (κ1) is 16.1. The van der Waals surface area contributed by atoms with Crippen molar-refractivity contribution in [2.75, 3.05) is 13.1 Å². The van der Waals surface area contributed by atoms with Crippen LogP contribution in [0.25, 0.3) is 0 Å². The second kappa shape index (κ2) is 5.85. The molecule has 0 aromatic heterocycles. The van der Waals surface area contributed by atoms with Crippen LogP contribution < -0.4 is 5.32 Å². The quantitative estimate of drug-likeness (QED) is 0.871. The zero-order valence-corrected chi connectivity index (χ0v) is 13.7. The Morgan fingerprint density at radius 1 is 1.29 bits per heavy atom. The minimum atomic E-state index is -0.495. The van der Waals surface area contributed by atoms with Gasteiger partial charge in [0, 0.05) is 19.5 Å². The molecule has 0 unspecified atom stereocenters. The number of carbonyl (C=O) groups excluding carboxylic acids is 2. The molecule has 2 aliphatic heterocycles. The highest BCUT2D eigenvalue weighted by Gasteiger charge is 2.47. The van der Waals surface area contributed by atoms with Gasteiger partial charge in [0.15, 0.2) is 0 Å². The molecular formula is C16H28N2O3. The number of hydrogen-bond acceptors (Lipinski definition) is 3. The molecule has 3 rings (SSSR count). The van der Waals surface area contributed by atoms with Crippen molar-refractivity contribution in [2.45, 2.75) is 70.9 Å². The van der Waals surface area contributed by atoms with Gasteiger partial charge in [0.2, 0.25) is 5.91 Å². The van der Waals surface area contributed by atoms with Gasteiger partial charge in [-0.3, -0.25) is 4.79 Å². The minimum Gasteiger partial charge on any atom is -0.444 e. The van der Waals surface area contributed by atoms with Crippen LogP contribution in [0.3, 0.4) is 0 Å². The molecule has 5 nitrogen and oxygen atoms in total. The summed E-state index contributed by atoms with van der Waals surface area (Å²) in [6, 6.07) is 0. The molecule has 0 atom stereocenters. The van der Waals surface area contributed by atoms with E-state index in [4.69, 9.17) is 4.74 Å². The molecular weight excluding hydrogens is 268 g/mol. The number of piperidine rings is 2. The van der Waals surface area contributed by atoms with E-state index in [2.05, 4.69) is 5.32 Å². The molecule has 120 valence electrons. The highest BCUT2D eigenvalue weighted by molar-refractivity contribution is 5.77. The number of rotatable bonds is 3. The number of nitrogens with one attached hydrogen (secondary N) is 1. The van der Waals surface area contributed by atoms with Gasteiger partial charge in [-0.1, -0.05) is 6.92 Å². The second-order valence-corrected chi connectivity index (χ2v) is 7.38. The molecule has 2 bridgehead atoms. The summed E-state index contributed by atoms with van der Waals surface area (Å²) < 4.78 is 5.30. The number of amides is 2. The molecule has 1 saturated carbocycles. The highest BCUT2D eigenvalue weighted by atomic mass is 16.6. The summed E-state index contributed by atoms with van der Waals surface area (Å²) >= 11 is 0. The Morgan fingerprint density at radius 3 is 2.43 bits per heavy atom. The minimum absolute atomic E-state index is 0.196. The summed E-state index contributed by atoms with van der Waals surface area (Å²) in [5, 5.41) is 2.88. The van der Waals surface area contributed by atoms with E-state index in [1.165, 1.54) is 0 Å². The molecule has 1 N–H and O–H groups in total. The van der Waals surface area contributed by atoms with Crippen molar-refractivity contribution in [3.8, 4) is 0 Å². The van der Waals surface area contributed by atoms with E-state index in [0.29, 0.717) is 18.9 Å². The van der Waals surface area contributed by atoms with Crippen molar-refractivity contribution in [1.29, 1.82) is 0 Å². The zero-order chi connectivity index (χ0) is 15.7. The van der Waals surface area contributed by atoms with Crippen LogP contribution in [-0.2, 0) is 9.53 Å². The Morgan fingerprint density at radius 2 is 1.90 bits per heavy atom. The largest absolute Gasteiger partial charge is 0.444 e. The third-order valence-electron chi connectivity index (χ3n) is 4.61. The van der Waals surface area contributed by atoms with Crippen molar-refractivity contribution < 1.29 is 14.3 Å². The number of nitrogens with zero attached hydrogens (tertiary/aromatic N) is 1. The van der Waals surface area contributed by atoms with Crippen LogP contribution in [0.5, 0.6) is 0 Å². The maximum Gasteiger partial charge on any atom is 0.407 e. The zero-order valence-electron chi connectivity index (χ0n) is 13.7. The number of ether oxygens (including phenoxy) is 1. The summed E-state index contributed by atoms with van der Waals surface area (Å²) in [6.07, 6.45) is 4.42. The van der Waals surface area contributed by atoms with Crippen molar-refractivity contribution in [3.63, 3.8) is 0 Å². The van der Waals surface area contributed by atoms with Crippen molar-refractivity contribution in [3.05, 3.63) is 0 Å². The molecule has 0 aromatic rings. The average molecular weight is 296 g/mol. The van der Waals surface area contributed by atoms with E-state index in [1.807, 2.05) is 32.6 Å². The van der Waals surface area contributed by atoms with Gasteiger partial charge in [0.25, 0.3) is 0 Å². The van der Waals surface area contributed by atoms with E-state index in [-0.39, 0.29) is 11.4 Å². The van der Waals surface area contributed by atoms with Crippen LogP contribution >= 0.6 is 0 Å². The molecule has 2 heterocycles. The molecule has 0 aromatic carbocycles. The first-order chi connectivity index (χ1) is 9.76. The predicted octanol–water partition coefficient (Wildman–Crippen LogP) is 2.69. The molecule has 3 fully saturated rings. The molecule has 5 heteroatoms. The summed E-state index contributed by atoms with van der Waals surface area (Å²) in [5.41, 5.74) is -0.691. The number of carbonyl (C=O) groups is 2. The SMILES string of the molecule is CCC(=O)N1CC2CCC1(CNC(=O)OC(C)(C)C)CC2. The fraction of sp³-hybridized carbons (Fsp3) is 0.875. The third-order valence-corrected chi connectivity index (χ3v) is 4.61. The smallest absolute Gasteiger partial charge is 0.407 e. The van der Waals surface area contributed by atoms with E-state index in [0.717, 1.165) is 32.2 Å². The van der Waals surface area contributed by atoms with Gasteiger partial charge < -0.3 is 15.0 Å². The van der Waals surface area contributed by atoms with Crippen LogP contribution in [0, 0.1) is 5.92 Å². The van der Waals surface area contributed by atoms with E-state index in [9.17, 15) is 9.59 Å². The molecule has 0 radical (unpaired) electrons. The van der Waals surface area contributed by atoms with Crippen molar-refractivity contribution in [1.82, 2.24) is 10.2 Å². The summed E-state index contributed by atoms with van der Waals surface area (Å²) in [7, 11) is 0. The Kier molecular flexibility index (Phi) is 4.49. The van der Waals surface area contributed by atoms with Gasteiger partial charge in [-0.15, -0.1) is 0 Å². The van der Waals surface area contributed by atoms with Gasteiger partial charge in [-0.25, -0.2) is 4.79 Å². The molecule has 21 heavy (non-hydrogen) atoms. The third kappa shape index (κ3) is 3.69. The van der Waals surface area contributed by atoms with Crippen LogP contribution in [0.2, 0.25) is 0 Å². The lowest BCUT2D eigenvalue weighted by atomic mass is 9.70. The van der Waals surface area contributed by atoms with Gasteiger partial charge in [0.1, 0.15) is 5.60 Å². The lowest BCUT2D eigenvalue weighted by Crippen LogP contribution is -2.64. The van der Waals surface area contributed by atoms with Gasteiger partial charge >= 0.3 is 6.09 Å². The molecule has 3 aliphatic rings. The lowest BCUT2D eigenvalue weighted by Gasteiger charge is -2.54. The number of fused-ring (bicyclic) bond motifs is 3. The Bertz CT molecular complexity index is 406. The van der Waals surface area contributed by atoms with E-state index >= 15 is 0 Å². The van der Waals surface area contributed by atoms with Gasteiger partial charge in [-0.05, 0) is 52.4 Å². The Hall–Kier alpha value is -1.26. The Balaban J connectivity index is 2.00. The normalized spacial score (nSPS) is 28.4. The number of hydrogen-bond donors (Lipinski definition) is 1. The molecule has 0 spiro atoms. The number of alkyl carbamates (subject to hydrolysis) is 1. The predicted molar refractivity (Wildman–Crippen MR) is 80.9 cm³/mol. The van der Waals surface area contributed by atoms with Gasteiger partial charge in [0.05, 0.1) is 5.54 Å². The monoisotopic (exact) mass is 296 g/mol. The topological polar surface area (TPSA) is 58.6 Å². The highest BCUT2D eigenvalue weighted by Crippen LogP contribution is 2.43. The fourth-order valence-corrected chi connectivity index (χ4v) is 3.50. The first-order valence-corrected chi connectivity index (χ1v) is 8.03. The van der Waals surface area contributed by atoms with Crippen LogP contribution in [0.1, 0.15) is 59.8 Å². The Labute approximate surface area is 127 Å². The van der Waals surface area contributed by atoms with Crippen molar-refractivity contribution in [2.24, 2.45) is 5.92 Å². The van der Waals surface area contributed by atoms with E-state index < -0.39 is 11.7 Å². The molecule has 2 amide bonds. The summed E-state index contributed by atoms with van der Waals surface area (Å²) in [5.74, 6) is 0.842. The maximum atomic E-state index is 12.2. The van der Waals surface area contributed by atoms with Crippen molar-refractivity contribution >= 4 is 12.0 Å². The molecule has 1 aliphatic carbocycles. The maximum absolute atomic E-state index is 12.2. The van der Waals surface area contributed by atoms with Crippen LogP contribution in [0.15, 0.2) is 0 Å². The standard InChI is InChI=1S/C16H28N2O3/c1-5-13(19)18-10-12-6-8-16(18,9-7-12)11-17-14(20)21-15(2,3)4/h12H,5-11H2,1-4H3,(H,17,20). The second-order valence-electron chi connectivity index (χ2n) is 7.38. The average Bonchev–Trinajstić information content (AvgIpc) is 2.44. The van der Waals surface area contributed by atoms with Crippen LogP contribution in [0.4, 0.5) is 4.79 Å². The fourth-order valence-electron chi connectivity index (χ4n) is 3.50. The molecule has 2 saturated heterocycles. The lowest BCUT2D eigenvalue weighted by molar-refractivity contribution is -0.146. The summed E-state index contributed by atoms with van der Waals surface area (Å²) in [6.45, 7) is 8.80. The summed E-state index contributed by atoms with van der Waals surface area (Å²) in [4.78, 5) is 26.1. The van der Waals surface area contributed by atoms with Crippen LogP contribution in [-0.4, -0.2) is 41.1 Å². The first-order valence-electron chi connectivity index (χ1n) is 8.03. The van der Waals surface area contributed by atoms with E-state index in [1.54, 1.807) is 0 Å².